The van der Waals surface area contributed by atoms with Crippen molar-refractivity contribution in [2.75, 3.05) is 12.1 Å². The van der Waals surface area contributed by atoms with Gasteiger partial charge in [0.15, 0.2) is 11.0 Å². The topological polar surface area (TPSA) is 93.4 Å². The summed E-state index contributed by atoms with van der Waals surface area (Å²) in [5, 5.41) is 9.42. The summed E-state index contributed by atoms with van der Waals surface area (Å²) in [6, 6.07) is 8.54. The number of hydrogen-bond acceptors (Lipinski definition) is 7. The Morgan fingerprint density at radius 2 is 2.18 bits per heavy atom. The van der Waals surface area contributed by atoms with E-state index < -0.39 is 0 Å². The molecule has 1 N–H and O–H groups in total. The zero-order valence-electron chi connectivity index (χ0n) is 15.1. The van der Waals surface area contributed by atoms with E-state index in [1.54, 1.807) is 37.6 Å². The second-order valence-electron chi connectivity index (χ2n) is 6.44. The molecule has 1 fully saturated rings. The molecule has 3 aromatic rings. The zero-order valence-corrected chi connectivity index (χ0v) is 15.9. The van der Waals surface area contributed by atoms with Gasteiger partial charge in [0.1, 0.15) is 11.9 Å². The fourth-order valence-corrected chi connectivity index (χ4v) is 2.79. The van der Waals surface area contributed by atoms with Crippen molar-refractivity contribution in [1.29, 1.82) is 0 Å². The largest absolute Gasteiger partial charge is 0.474 e. The van der Waals surface area contributed by atoms with Crippen LogP contribution in [0.1, 0.15) is 29.6 Å². The minimum atomic E-state index is -0.352. The number of hydrogen-bond donors (Lipinski definition) is 1. The highest BCUT2D eigenvalue weighted by Gasteiger charge is 2.23. The van der Waals surface area contributed by atoms with Crippen molar-refractivity contribution in [3.8, 4) is 17.2 Å². The van der Waals surface area contributed by atoms with Gasteiger partial charge in [0.25, 0.3) is 5.91 Å². The first-order chi connectivity index (χ1) is 13.6. The highest BCUT2D eigenvalue weighted by Crippen LogP contribution is 2.33. The van der Waals surface area contributed by atoms with E-state index in [9.17, 15) is 4.79 Å². The number of aromatic nitrogens is 3. The molecule has 28 heavy (non-hydrogen) atoms. The number of rotatable bonds is 6. The van der Waals surface area contributed by atoms with E-state index in [-0.39, 0.29) is 17.2 Å². The first-order valence-electron chi connectivity index (χ1n) is 8.84. The van der Waals surface area contributed by atoms with Crippen LogP contribution in [0.25, 0.3) is 11.3 Å². The predicted octanol–water partition coefficient (Wildman–Crippen LogP) is 3.50. The Morgan fingerprint density at radius 1 is 1.32 bits per heavy atom. The van der Waals surface area contributed by atoms with Gasteiger partial charge in [0.2, 0.25) is 5.88 Å². The lowest BCUT2D eigenvalue weighted by molar-refractivity contribution is 0.0950. The van der Waals surface area contributed by atoms with E-state index in [0.29, 0.717) is 28.6 Å². The Bertz CT molecular complexity index is 958. The molecule has 144 valence electrons. The van der Waals surface area contributed by atoms with Crippen LogP contribution in [0.3, 0.4) is 0 Å². The molecule has 3 heterocycles. The zero-order chi connectivity index (χ0) is 19.5. The number of halogens is 1. The Kier molecular flexibility index (Phi) is 5.12. The molecule has 3 aromatic heterocycles. The van der Waals surface area contributed by atoms with E-state index >= 15 is 0 Å². The summed E-state index contributed by atoms with van der Waals surface area (Å²) in [5.74, 6) is 1.15. The van der Waals surface area contributed by atoms with Crippen LogP contribution < -0.4 is 15.2 Å². The first-order valence-corrected chi connectivity index (χ1v) is 9.22. The molecule has 0 atom stereocenters. The Hall–Kier alpha value is -3.13. The van der Waals surface area contributed by atoms with E-state index in [1.165, 1.54) is 11.2 Å². The maximum absolute atomic E-state index is 12.7. The van der Waals surface area contributed by atoms with Crippen molar-refractivity contribution in [3.05, 3.63) is 53.5 Å². The smallest absolute Gasteiger partial charge is 0.271 e. The van der Waals surface area contributed by atoms with E-state index in [0.717, 1.165) is 19.3 Å². The Morgan fingerprint density at radius 3 is 2.82 bits per heavy atom. The van der Waals surface area contributed by atoms with E-state index in [1.807, 2.05) is 6.07 Å². The molecule has 1 saturated carbocycles. The van der Waals surface area contributed by atoms with E-state index in [4.69, 9.17) is 20.8 Å². The number of anilines is 1. The van der Waals surface area contributed by atoms with Gasteiger partial charge in [0, 0.05) is 13.2 Å². The molecule has 8 nitrogen and oxygen atoms in total. The van der Waals surface area contributed by atoms with Crippen LogP contribution in [0.5, 0.6) is 5.88 Å². The van der Waals surface area contributed by atoms with Crippen LogP contribution in [0.4, 0.5) is 5.82 Å². The first kappa shape index (κ1) is 18.2. The van der Waals surface area contributed by atoms with Gasteiger partial charge in [-0.15, -0.1) is 10.2 Å². The summed E-state index contributed by atoms with van der Waals surface area (Å²) >= 11 is 5.74. The van der Waals surface area contributed by atoms with Gasteiger partial charge in [0.05, 0.1) is 17.4 Å². The van der Waals surface area contributed by atoms with Gasteiger partial charge < -0.3 is 9.15 Å². The van der Waals surface area contributed by atoms with Crippen LogP contribution in [0.2, 0.25) is 5.15 Å². The minimum absolute atomic E-state index is 0.163. The molecule has 1 aliphatic carbocycles. The second kappa shape index (κ2) is 7.85. The molecular weight excluding hydrogens is 382 g/mol. The van der Waals surface area contributed by atoms with Crippen LogP contribution in [0.15, 0.2) is 47.2 Å². The maximum atomic E-state index is 12.7. The summed E-state index contributed by atoms with van der Waals surface area (Å²) in [7, 11) is 1.66. The molecule has 0 aromatic carbocycles. The SMILES string of the molecule is CN(NC(=O)c1cnc(OC2CCC2)c(-c2ccco2)c1)c1ccc(Cl)nn1. The molecule has 0 unspecified atom stereocenters. The van der Waals surface area contributed by atoms with Crippen molar-refractivity contribution in [2.45, 2.75) is 25.4 Å². The number of furan rings is 1. The monoisotopic (exact) mass is 399 g/mol. The van der Waals surface area contributed by atoms with E-state index in [2.05, 4.69) is 20.6 Å². The lowest BCUT2D eigenvalue weighted by atomic mass is 9.96. The number of nitrogens with zero attached hydrogens (tertiary/aromatic N) is 4. The summed E-state index contributed by atoms with van der Waals surface area (Å²) < 4.78 is 11.5. The number of ether oxygens (including phenoxy) is 1. The van der Waals surface area contributed by atoms with Crippen molar-refractivity contribution in [1.82, 2.24) is 20.6 Å². The van der Waals surface area contributed by atoms with Gasteiger partial charge in [-0.2, -0.15) is 0 Å². The number of hydrazine groups is 1. The standard InChI is InChI=1S/C19H18ClN5O3/c1-25(17-8-7-16(20)22-23-17)24-18(26)12-10-14(15-6-3-9-27-15)19(21-11-12)28-13-4-2-5-13/h3,6-11,13H,2,4-5H2,1H3,(H,24,26). The number of carbonyl (C=O) groups is 1. The quantitative estimate of drug-likeness (QED) is 0.634. The van der Waals surface area contributed by atoms with Gasteiger partial charge in [-0.1, -0.05) is 11.6 Å². The van der Waals surface area contributed by atoms with Crippen LogP contribution in [-0.2, 0) is 0 Å². The summed E-state index contributed by atoms with van der Waals surface area (Å²) in [4.78, 5) is 17.0. The lowest BCUT2D eigenvalue weighted by Crippen LogP contribution is -2.40. The fraction of sp³-hybridized carbons (Fsp3) is 0.263. The number of nitrogens with one attached hydrogen (secondary N) is 1. The maximum Gasteiger partial charge on any atom is 0.271 e. The van der Waals surface area contributed by atoms with Crippen molar-refractivity contribution in [3.63, 3.8) is 0 Å². The molecule has 1 aliphatic rings. The number of pyridine rings is 1. The average Bonchev–Trinajstić information content (AvgIpc) is 3.19. The minimum Gasteiger partial charge on any atom is -0.474 e. The molecule has 1 amide bonds. The van der Waals surface area contributed by atoms with Crippen molar-refractivity contribution < 1.29 is 13.9 Å². The molecule has 4 rings (SSSR count). The number of amides is 1. The fourth-order valence-electron chi connectivity index (χ4n) is 2.69. The van der Waals surface area contributed by atoms with Gasteiger partial charge in [-0.25, -0.2) is 4.98 Å². The molecule has 0 aliphatic heterocycles. The number of carbonyl (C=O) groups excluding carboxylic acids is 1. The Balaban J connectivity index is 1.55. The molecular formula is C19H18ClN5O3. The van der Waals surface area contributed by atoms with Gasteiger partial charge in [-0.05, 0) is 49.6 Å². The van der Waals surface area contributed by atoms with Gasteiger partial charge in [-0.3, -0.25) is 15.2 Å². The summed E-state index contributed by atoms with van der Waals surface area (Å²) in [6.07, 6.45) is 6.39. The summed E-state index contributed by atoms with van der Waals surface area (Å²) in [6.45, 7) is 0. The van der Waals surface area contributed by atoms with Crippen molar-refractivity contribution in [2.24, 2.45) is 0 Å². The molecule has 0 spiro atoms. The third-order valence-corrected chi connectivity index (χ3v) is 4.66. The molecule has 9 heteroatoms. The Labute approximate surface area is 166 Å². The predicted molar refractivity (Wildman–Crippen MR) is 103 cm³/mol. The van der Waals surface area contributed by atoms with Crippen LogP contribution >= 0.6 is 11.6 Å². The highest BCUT2D eigenvalue weighted by atomic mass is 35.5. The highest BCUT2D eigenvalue weighted by molar-refractivity contribution is 6.29. The molecule has 0 bridgehead atoms. The molecule has 0 radical (unpaired) electrons. The third-order valence-electron chi connectivity index (χ3n) is 4.46. The summed E-state index contributed by atoms with van der Waals surface area (Å²) in [5.41, 5.74) is 3.72. The molecule has 0 saturated heterocycles. The lowest BCUT2D eigenvalue weighted by Gasteiger charge is -2.26. The average molecular weight is 400 g/mol. The van der Waals surface area contributed by atoms with Crippen molar-refractivity contribution >= 4 is 23.3 Å². The second-order valence-corrected chi connectivity index (χ2v) is 6.83. The third kappa shape index (κ3) is 3.91. The van der Waals surface area contributed by atoms with Crippen LogP contribution in [0, 0.1) is 0 Å². The van der Waals surface area contributed by atoms with Gasteiger partial charge >= 0.3 is 0 Å². The van der Waals surface area contributed by atoms with Crippen LogP contribution in [-0.4, -0.2) is 34.2 Å². The normalized spacial score (nSPS) is 13.6.